The highest BCUT2D eigenvalue weighted by atomic mass is 32.2. The molecule has 1 aromatic carbocycles. The van der Waals surface area contributed by atoms with Gasteiger partial charge in [-0.05, 0) is 18.9 Å². The van der Waals surface area contributed by atoms with Gasteiger partial charge in [0.05, 0.1) is 6.20 Å². The van der Waals surface area contributed by atoms with Crippen LogP contribution in [0.3, 0.4) is 0 Å². The number of nitrogens with two attached hydrogens (primary N) is 1. The fourth-order valence-corrected chi connectivity index (χ4v) is 3.44. The van der Waals surface area contributed by atoms with E-state index in [1.54, 1.807) is 31.2 Å². The van der Waals surface area contributed by atoms with Gasteiger partial charge in [-0.25, -0.2) is 18.1 Å². The number of hydrogen-bond acceptors (Lipinski definition) is 6. The van der Waals surface area contributed by atoms with Crippen LogP contribution in [0.15, 0.2) is 35.3 Å². The fourth-order valence-electron chi connectivity index (χ4n) is 2.32. The predicted octanol–water partition coefficient (Wildman–Crippen LogP) is 0.735. The number of rotatable bonds is 9. The summed E-state index contributed by atoms with van der Waals surface area (Å²) >= 11 is 0. The summed E-state index contributed by atoms with van der Waals surface area (Å²) in [5.41, 5.74) is 6.52. The molecule has 0 fully saturated rings. The maximum Gasteiger partial charge on any atom is 0.277 e. The average molecular weight is 392 g/mol. The largest absolute Gasteiger partial charge is 0.384 e. The Balaban J connectivity index is 2.11. The first-order valence-electron chi connectivity index (χ1n) is 8.44. The molecule has 0 saturated heterocycles. The smallest absolute Gasteiger partial charge is 0.277 e. The minimum absolute atomic E-state index is 0.0546. The zero-order chi connectivity index (χ0) is 20.0. The lowest BCUT2D eigenvalue weighted by molar-refractivity contribution is 0.563. The number of nitrogens with zero attached hydrogens (tertiary/aromatic N) is 2. The van der Waals surface area contributed by atoms with Gasteiger partial charge in [0.25, 0.3) is 5.56 Å². The van der Waals surface area contributed by atoms with E-state index >= 15 is 0 Å². The number of sulfonamides is 1. The summed E-state index contributed by atoms with van der Waals surface area (Å²) in [4.78, 5) is 16.6. The Labute approximate surface area is 158 Å². The van der Waals surface area contributed by atoms with Crippen LogP contribution in [-0.4, -0.2) is 30.3 Å². The Morgan fingerprint density at radius 1 is 1.30 bits per heavy atom. The predicted molar refractivity (Wildman–Crippen MR) is 105 cm³/mol. The summed E-state index contributed by atoms with van der Waals surface area (Å²) in [6, 6.07) is 6.67. The molecule has 5 N–H and O–H groups in total. The molecule has 2 aromatic rings. The van der Waals surface area contributed by atoms with Crippen LogP contribution in [0.1, 0.15) is 30.3 Å². The zero-order valence-corrected chi connectivity index (χ0v) is 16.1. The minimum Gasteiger partial charge on any atom is -0.384 e. The second-order valence-corrected chi connectivity index (χ2v) is 7.83. The standard InChI is InChI=1S/C17H24N6O3S/c1-3-8-20-15-10-21-12(2)23(17(15)24)11-27(25,26)22-9-13-4-6-14(7-5-13)16(18)19/h4-7,10,20,22H,3,8-9,11H2,1-2H3,(H3,18,19). The molecule has 1 aromatic heterocycles. The Morgan fingerprint density at radius 3 is 2.56 bits per heavy atom. The van der Waals surface area contributed by atoms with E-state index in [4.69, 9.17) is 11.1 Å². The third-order valence-electron chi connectivity index (χ3n) is 3.87. The first kappa shape index (κ1) is 20.6. The van der Waals surface area contributed by atoms with E-state index < -0.39 is 21.5 Å². The Morgan fingerprint density at radius 2 is 1.96 bits per heavy atom. The maximum atomic E-state index is 12.5. The van der Waals surface area contributed by atoms with Crippen molar-refractivity contribution in [3.8, 4) is 0 Å². The van der Waals surface area contributed by atoms with Crippen LogP contribution < -0.4 is 21.3 Å². The highest BCUT2D eigenvalue weighted by Crippen LogP contribution is 2.06. The third kappa shape index (κ3) is 5.63. The monoisotopic (exact) mass is 392 g/mol. The number of aromatic nitrogens is 2. The Hall–Kier alpha value is -2.72. The van der Waals surface area contributed by atoms with Crippen LogP contribution in [0, 0.1) is 12.3 Å². The van der Waals surface area contributed by atoms with Gasteiger partial charge in [-0.1, -0.05) is 31.2 Å². The molecule has 0 spiro atoms. The highest BCUT2D eigenvalue weighted by Gasteiger charge is 2.16. The van der Waals surface area contributed by atoms with Gasteiger partial charge in [-0.15, -0.1) is 0 Å². The first-order chi connectivity index (χ1) is 12.7. The summed E-state index contributed by atoms with van der Waals surface area (Å²) in [5, 5.41) is 10.3. The van der Waals surface area contributed by atoms with Gasteiger partial charge < -0.3 is 11.1 Å². The number of hydrogen-bond donors (Lipinski definition) is 4. The van der Waals surface area contributed by atoms with Gasteiger partial charge in [0, 0.05) is 18.7 Å². The molecule has 146 valence electrons. The molecule has 0 amide bonds. The van der Waals surface area contributed by atoms with Gasteiger partial charge in [0.15, 0.2) is 0 Å². The van der Waals surface area contributed by atoms with E-state index in [2.05, 4.69) is 15.0 Å². The maximum absolute atomic E-state index is 12.5. The Kier molecular flexibility index (Phi) is 6.70. The second kappa shape index (κ2) is 8.78. The van der Waals surface area contributed by atoms with Crippen molar-refractivity contribution in [2.45, 2.75) is 32.7 Å². The third-order valence-corrected chi connectivity index (χ3v) is 5.05. The van der Waals surface area contributed by atoms with Crippen LogP contribution in [0.4, 0.5) is 5.69 Å². The average Bonchev–Trinajstić information content (AvgIpc) is 2.63. The summed E-state index contributed by atoms with van der Waals surface area (Å²) < 4.78 is 28.4. The minimum atomic E-state index is -3.76. The number of benzene rings is 1. The SMILES string of the molecule is CCCNc1cnc(C)n(CS(=O)(=O)NCc2ccc(C(=N)N)cc2)c1=O. The fraction of sp³-hybridized carbons (Fsp3) is 0.353. The lowest BCUT2D eigenvalue weighted by Gasteiger charge is -2.13. The van der Waals surface area contributed by atoms with Crippen LogP contribution in [-0.2, 0) is 22.4 Å². The second-order valence-electron chi connectivity index (χ2n) is 6.05. The van der Waals surface area contributed by atoms with Crippen molar-refractivity contribution in [1.29, 1.82) is 5.41 Å². The lowest BCUT2D eigenvalue weighted by atomic mass is 10.1. The molecule has 0 saturated carbocycles. The van der Waals surface area contributed by atoms with Crippen LogP contribution >= 0.6 is 0 Å². The summed E-state index contributed by atoms with van der Waals surface area (Å²) in [5.74, 6) is -0.253. The molecule has 0 unspecified atom stereocenters. The molecule has 9 nitrogen and oxygen atoms in total. The van der Waals surface area contributed by atoms with Crippen molar-refractivity contribution in [3.05, 3.63) is 57.8 Å². The van der Waals surface area contributed by atoms with Crippen LogP contribution in [0.5, 0.6) is 0 Å². The zero-order valence-electron chi connectivity index (χ0n) is 15.3. The van der Waals surface area contributed by atoms with Crippen molar-refractivity contribution in [3.63, 3.8) is 0 Å². The molecule has 0 aliphatic carbocycles. The Bertz CT molecular complexity index is 967. The van der Waals surface area contributed by atoms with Crippen LogP contribution in [0.25, 0.3) is 0 Å². The summed E-state index contributed by atoms with van der Waals surface area (Å²) in [6.45, 7) is 4.21. The first-order valence-corrected chi connectivity index (χ1v) is 10.1. The molecule has 27 heavy (non-hydrogen) atoms. The number of amidine groups is 1. The number of nitrogens with one attached hydrogen (secondary N) is 3. The molecule has 0 aliphatic heterocycles. The molecule has 0 radical (unpaired) electrons. The molecule has 2 rings (SSSR count). The van der Waals surface area contributed by atoms with Crippen molar-refractivity contribution < 1.29 is 8.42 Å². The van der Waals surface area contributed by atoms with Crippen molar-refractivity contribution in [2.24, 2.45) is 5.73 Å². The molecule has 0 aliphatic rings. The summed E-state index contributed by atoms with van der Waals surface area (Å²) in [6.07, 6.45) is 2.25. The van der Waals surface area contributed by atoms with Gasteiger partial charge in [0.2, 0.25) is 10.0 Å². The topological polar surface area (TPSA) is 143 Å². The number of aryl methyl sites for hydroxylation is 1. The molecular formula is C17H24N6O3S. The van der Waals surface area contributed by atoms with E-state index in [9.17, 15) is 13.2 Å². The molecular weight excluding hydrogens is 368 g/mol. The van der Waals surface area contributed by atoms with Gasteiger partial charge in [-0.3, -0.25) is 14.8 Å². The highest BCUT2D eigenvalue weighted by molar-refractivity contribution is 7.88. The van der Waals surface area contributed by atoms with Crippen molar-refractivity contribution in [2.75, 3.05) is 11.9 Å². The molecule has 0 bridgehead atoms. The van der Waals surface area contributed by atoms with E-state index in [0.29, 0.717) is 23.5 Å². The number of nitrogen functional groups attached to an aromatic ring is 1. The molecule has 1 heterocycles. The van der Waals surface area contributed by atoms with Crippen molar-refractivity contribution in [1.82, 2.24) is 14.3 Å². The van der Waals surface area contributed by atoms with Gasteiger partial charge in [-0.2, -0.15) is 0 Å². The normalized spacial score (nSPS) is 11.3. The van der Waals surface area contributed by atoms with Gasteiger partial charge in [0.1, 0.15) is 23.2 Å². The van der Waals surface area contributed by atoms with E-state index in [-0.39, 0.29) is 18.1 Å². The van der Waals surface area contributed by atoms with E-state index in [1.165, 1.54) is 6.20 Å². The molecule has 10 heteroatoms. The lowest BCUT2D eigenvalue weighted by Crippen LogP contribution is -2.34. The number of anilines is 1. The van der Waals surface area contributed by atoms with E-state index in [1.807, 2.05) is 6.92 Å². The van der Waals surface area contributed by atoms with E-state index in [0.717, 1.165) is 11.0 Å². The molecule has 0 atom stereocenters. The summed E-state index contributed by atoms with van der Waals surface area (Å²) in [7, 11) is -3.76. The van der Waals surface area contributed by atoms with Crippen LogP contribution in [0.2, 0.25) is 0 Å². The van der Waals surface area contributed by atoms with Crippen molar-refractivity contribution >= 4 is 21.5 Å². The van der Waals surface area contributed by atoms with Gasteiger partial charge >= 0.3 is 0 Å². The quantitative estimate of drug-likeness (QED) is 0.366.